The number of nitrogens with one attached hydrogen (secondary N) is 1. The number of H-pyrrole nitrogens is 1. The second-order valence-corrected chi connectivity index (χ2v) is 7.85. The molecule has 1 amide bonds. The molecule has 1 aliphatic rings. The highest BCUT2D eigenvalue weighted by molar-refractivity contribution is 5.77. The molecular formula is C22H30N4O3. The molecule has 2 atom stereocenters. The average Bonchev–Trinajstić information content (AvgIpc) is 2.67. The van der Waals surface area contributed by atoms with Crippen LogP contribution in [0, 0.1) is 13.8 Å². The fourth-order valence-corrected chi connectivity index (χ4v) is 4.07. The lowest BCUT2D eigenvalue weighted by atomic mass is 9.96. The molecule has 2 aromatic rings. The van der Waals surface area contributed by atoms with Gasteiger partial charge in [0.25, 0.3) is 0 Å². The highest BCUT2D eigenvalue weighted by atomic mass is 16.5. The number of aromatic nitrogens is 2. The largest absolute Gasteiger partial charge is 0.373 e. The first-order valence-electron chi connectivity index (χ1n) is 10.0. The SMILES string of the molecule is Cc1nc(=O)[nH]c(C)c1CCC(=O)N1CCO[C@@H](CN(C)C)[C@@H]1c1ccccc1. The molecule has 1 aromatic carbocycles. The van der Waals surface area contributed by atoms with Crippen molar-refractivity contribution in [3.63, 3.8) is 0 Å². The minimum atomic E-state index is -0.348. The van der Waals surface area contributed by atoms with Gasteiger partial charge in [0.2, 0.25) is 5.91 Å². The molecular weight excluding hydrogens is 368 g/mol. The van der Waals surface area contributed by atoms with Gasteiger partial charge in [-0.1, -0.05) is 30.3 Å². The second kappa shape index (κ2) is 9.33. The molecule has 0 saturated carbocycles. The smallest absolute Gasteiger partial charge is 0.345 e. The van der Waals surface area contributed by atoms with E-state index in [9.17, 15) is 9.59 Å². The summed E-state index contributed by atoms with van der Waals surface area (Å²) in [6, 6.07) is 9.98. The first kappa shape index (κ1) is 21.2. The van der Waals surface area contributed by atoms with Gasteiger partial charge in [0.15, 0.2) is 0 Å². The maximum absolute atomic E-state index is 13.2. The fourth-order valence-electron chi connectivity index (χ4n) is 4.07. The Kier molecular flexibility index (Phi) is 6.82. The van der Waals surface area contributed by atoms with E-state index >= 15 is 0 Å². The highest BCUT2D eigenvalue weighted by Gasteiger charge is 2.36. The number of hydrogen-bond acceptors (Lipinski definition) is 5. The predicted octanol–water partition coefficient (Wildman–Crippen LogP) is 1.85. The Labute approximate surface area is 171 Å². The topological polar surface area (TPSA) is 78.5 Å². The summed E-state index contributed by atoms with van der Waals surface area (Å²) in [4.78, 5) is 35.5. The van der Waals surface area contributed by atoms with Gasteiger partial charge < -0.3 is 19.5 Å². The molecule has 7 heteroatoms. The second-order valence-electron chi connectivity index (χ2n) is 7.85. The van der Waals surface area contributed by atoms with Crippen LogP contribution in [0.25, 0.3) is 0 Å². The minimum absolute atomic E-state index is 0.0803. The molecule has 1 aliphatic heterocycles. The molecule has 7 nitrogen and oxygen atoms in total. The van der Waals surface area contributed by atoms with E-state index in [1.165, 1.54) is 0 Å². The monoisotopic (exact) mass is 398 g/mol. The first-order chi connectivity index (χ1) is 13.9. The maximum atomic E-state index is 13.2. The van der Waals surface area contributed by atoms with Crippen LogP contribution in [-0.4, -0.2) is 65.6 Å². The Morgan fingerprint density at radius 3 is 2.66 bits per heavy atom. The number of aryl methyl sites for hydroxylation is 2. The first-order valence-corrected chi connectivity index (χ1v) is 10.0. The molecule has 1 saturated heterocycles. The van der Waals surface area contributed by atoms with E-state index < -0.39 is 0 Å². The van der Waals surface area contributed by atoms with Crippen molar-refractivity contribution in [2.24, 2.45) is 0 Å². The molecule has 0 unspecified atom stereocenters. The van der Waals surface area contributed by atoms with Gasteiger partial charge in [0.1, 0.15) is 0 Å². The quantitative estimate of drug-likeness (QED) is 0.803. The van der Waals surface area contributed by atoms with Crippen molar-refractivity contribution in [2.75, 3.05) is 33.8 Å². The van der Waals surface area contributed by atoms with E-state index in [1.54, 1.807) is 0 Å². The summed E-state index contributed by atoms with van der Waals surface area (Å²) in [5.41, 5.74) is 3.14. The zero-order chi connectivity index (χ0) is 21.0. The lowest BCUT2D eigenvalue weighted by Crippen LogP contribution is -2.51. The summed E-state index contributed by atoms with van der Waals surface area (Å²) >= 11 is 0. The van der Waals surface area contributed by atoms with Crippen LogP contribution in [0.5, 0.6) is 0 Å². The highest BCUT2D eigenvalue weighted by Crippen LogP contribution is 2.31. The summed E-state index contributed by atoms with van der Waals surface area (Å²) in [5.74, 6) is 0.0934. The number of rotatable bonds is 6. The number of benzene rings is 1. The normalized spacial score (nSPS) is 19.6. The van der Waals surface area contributed by atoms with E-state index in [1.807, 2.05) is 51.0 Å². The van der Waals surface area contributed by atoms with Crippen LogP contribution >= 0.6 is 0 Å². The lowest BCUT2D eigenvalue weighted by Gasteiger charge is -2.42. The Bertz CT molecular complexity index is 868. The molecule has 1 aromatic heterocycles. The number of nitrogens with zero attached hydrogens (tertiary/aromatic N) is 3. The number of aromatic amines is 1. The summed E-state index contributed by atoms with van der Waals surface area (Å²) in [5, 5.41) is 0. The molecule has 1 fully saturated rings. The molecule has 29 heavy (non-hydrogen) atoms. The van der Waals surface area contributed by atoms with Crippen LogP contribution in [0.15, 0.2) is 35.1 Å². The zero-order valence-electron chi connectivity index (χ0n) is 17.6. The van der Waals surface area contributed by atoms with Crippen molar-refractivity contribution in [2.45, 2.75) is 38.8 Å². The molecule has 0 aliphatic carbocycles. The third kappa shape index (κ3) is 5.10. The number of morpholine rings is 1. The number of amides is 1. The maximum Gasteiger partial charge on any atom is 0.345 e. The number of ether oxygens (including phenoxy) is 1. The van der Waals surface area contributed by atoms with Gasteiger partial charge in [0, 0.05) is 30.9 Å². The third-order valence-electron chi connectivity index (χ3n) is 5.40. The van der Waals surface area contributed by atoms with Gasteiger partial charge >= 0.3 is 5.69 Å². The summed E-state index contributed by atoms with van der Waals surface area (Å²) in [6.07, 6.45) is 0.841. The Hall–Kier alpha value is -2.51. The van der Waals surface area contributed by atoms with Crippen LogP contribution in [0.1, 0.15) is 35.0 Å². The van der Waals surface area contributed by atoms with E-state index in [-0.39, 0.29) is 23.7 Å². The van der Waals surface area contributed by atoms with E-state index in [0.29, 0.717) is 31.7 Å². The number of hydrogen-bond donors (Lipinski definition) is 1. The van der Waals surface area contributed by atoms with Crippen molar-refractivity contribution < 1.29 is 9.53 Å². The third-order valence-corrected chi connectivity index (χ3v) is 5.40. The summed E-state index contributed by atoms with van der Waals surface area (Å²) in [7, 11) is 4.03. The number of carbonyl (C=O) groups is 1. The van der Waals surface area contributed by atoms with Crippen LogP contribution in [0.2, 0.25) is 0 Å². The number of carbonyl (C=O) groups excluding carboxylic acids is 1. The van der Waals surface area contributed by atoms with Crippen LogP contribution in [0.4, 0.5) is 0 Å². The van der Waals surface area contributed by atoms with Gasteiger partial charge in [-0.15, -0.1) is 0 Å². The van der Waals surface area contributed by atoms with Crippen molar-refractivity contribution in [3.05, 3.63) is 63.3 Å². The lowest BCUT2D eigenvalue weighted by molar-refractivity contribution is -0.148. The van der Waals surface area contributed by atoms with Crippen LogP contribution in [0.3, 0.4) is 0 Å². The molecule has 0 spiro atoms. The van der Waals surface area contributed by atoms with Crippen molar-refractivity contribution in [1.82, 2.24) is 19.8 Å². The standard InChI is InChI=1S/C22H30N4O3/c1-15-18(16(2)24-22(28)23-15)10-11-20(27)26-12-13-29-19(14-25(3)4)21(26)17-8-6-5-7-9-17/h5-9,19,21H,10-14H2,1-4H3,(H,23,24,28)/t19-,21-/m0/s1. The average molecular weight is 399 g/mol. The van der Waals surface area contributed by atoms with E-state index in [0.717, 1.165) is 23.4 Å². The van der Waals surface area contributed by atoms with Crippen molar-refractivity contribution >= 4 is 5.91 Å². The Morgan fingerprint density at radius 2 is 2.00 bits per heavy atom. The molecule has 3 rings (SSSR count). The van der Waals surface area contributed by atoms with E-state index in [4.69, 9.17) is 4.74 Å². The van der Waals surface area contributed by atoms with Gasteiger partial charge in [0.05, 0.1) is 18.8 Å². The van der Waals surface area contributed by atoms with Gasteiger partial charge in [-0.05, 0) is 45.5 Å². The van der Waals surface area contributed by atoms with Gasteiger partial charge in [-0.3, -0.25) is 4.79 Å². The molecule has 0 bridgehead atoms. The molecule has 156 valence electrons. The van der Waals surface area contributed by atoms with Crippen LogP contribution in [-0.2, 0) is 16.0 Å². The van der Waals surface area contributed by atoms with Crippen LogP contribution < -0.4 is 5.69 Å². The fraction of sp³-hybridized carbons (Fsp3) is 0.500. The van der Waals surface area contributed by atoms with Gasteiger partial charge in [-0.2, -0.15) is 4.98 Å². The Morgan fingerprint density at radius 1 is 1.28 bits per heavy atom. The van der Waals surface area contributed by atoms with Gasteiger partial charge in [-0.25, -0.2) is 4.79 Å². The predicted molar refractivity (Wildman–Crippen MR) is 112 cm³/mol. The number of likely N-dealkylation sites (N-methyl/N-ethyl adjacent to an activating group) is 1. The Balaban J connectivity index is 1.81. The molecule has 1 N–H and O–H groups in total. The minimum Gasteiger partial charge on any atom is -0.373 e. The zero-order valence-corrected chi connectivity index (χ0v) is 17.6. The molecule has 0 radical (unpaired) electrons. The summed E-state index contributed by atoms with van der Waals surface area (Å²) in [6.45, 7) is 5.52. The van der Waals surface area contributed by atoms with Crippen molar-refractivity contribution in [3.8, 4) is 0 Å². The molecule has 2 heterocycles. The van der Waals surface area contributed by atoms with E-state index in [2.05, 4.69) is 27.0 Å². The summed E-state index contributed by atoms with van der Waals surface area (Å²) < 4.78 is 6.07. The van der Waals surface area contributed by atoms with Crippen molar-refractivity contribution in [1.29, 1.82) is 0 Å².